The van der Waals surface area contributed by atoms with Crippen molar-refractivity contribution in [2.75, 3.05) is 0 Å². The van der Waals surface area contributed by atoms with Gasteiger partial charge in [0.05, 0.1) is 24.6 Å². The van der Waals surface area contributed by atoms with Crippen LogP contribution in [0.4, 0.5) is 5.69 Å². The molecule has 1 aromatic carbocycles. The lowest BCUT2D eigenvalue weighted by molar-refractivity contribution is -0.384. The summed E-state index contributed by atoms with van der Waals surface area (Å²) in [6.45, 7) is 0. The van der Waals surface area contributed by atoms with E-state index in [2.05, 4.69) is 20.9 Å². The number of fused-ring (bicyclic) bond motifs is 1. The maximum Gasteiger partial charge on any atom is 0.271 e. The monoisotopic (exact) mass is 337 g/mol. The first-order valence-electron chi connectivity index (χ1n) is 5.43. The lowest BCUT2D eigenvalue weighted by Crippen LogP contribution is -1.90. The maximum absolute atomic E-state index is 10.8. The third-order valence-corrected chi connectivity index (χ3v) is 4.49. The van der Waals surface area contributed by atoms with E-state index in [0.717, 1.165) is 20.0 Å². The number of benzene rings is 1. The van der Waals surface area contributed by atoms with E-state index in [1.807, 2.05) is 23.7 Å². The first kappa shape index (κ1) is 12.3. The van der Waals surface area contributed by atoms with Crippen molar-refractivity contribution in [1.82, 2.24) is 9.55 Å². The van der Waals surface area contributed by atoms with Crippen molar-refractivity contribution >= 4 is 44.0 Å². The lowest BCUT2D eigenvalue weighted by Gasteiger charge is -1.98. The molecule has 0 unspecified atom stereocenters. The molecule has 0 aliphatic carbocycles. The minimum absolute atomic E-state index is 0.0597. The van der Waals surface area contributed by atoms with Crippen LogP contribution < -0.4 is 0 Å². The van der Waals surface area contributed by atoms with Gasteiger partial charge in [0.25, 0.3) is 5.69 Å². The van der Waals surface area contributed by atoms with Gasteiger partial charge in [-0.25, -0.2) is 4.98 Å². The van der Waals surface area contributed by atoms with Crippen molar-refractivity contribution in [3.05, 3.63) is 44.2 Å². The molecule has 5 nitrogen and oxygen atoms in total. The van der Waals surface area contributed by atoms with Crippen LogP contribution in [0.2, 0.25) is 0 Å². The average molecular weight is 338 g/mol. The highest BCUT2D eigenvalue weighted by Gasteiger charge is 2.14. The van der Waals surface area contributed by atoms with Gasteiger partial charge in [0, 0.05) is 19.2 Å². The van der Waals surface area contributed by atoms with Crippen LogP contribution in [-0.2, 0) is 7.05 Å². The Hall–Kier alpha value is -1.73. The Labute approximate surface area is 120 Å². The van der Waals surface area contributed by atoms with E-state index in [1.54, 1.807) is 17.4 Å². The van der Waals surface area contributed by atoms with Crippen LogP contribution in [0.25, 0.3) is 21.7 Å². The molecule has 7 heteroatoms. The fourth-order valence-electron chi connectivity index (χ4n) is 1.96. The van der Waals surface area contributed by atoms with Crippen molar-refractivity contribution < 1.29 is 4.92 Å². The van der Waals surface area contributed by atoms with Gasteiger partial charge in [-0.05, 0) is 34.1 Å². The predicted octanol–water partition coefficient (Wildman–Crippen LogP) is 3.97. The van der Waals surface area contributed by atoms with Crippen LogP contribution in [0, 0.1) is 10.1 Å². The molecular formula is C12H8BrN3O2S. The Morgan fingerprint density at radius 3 is 2.79 bits per heavy atom. The van der Waals surface area contributed by atoms with Crippen molar-refractivity contribution in [3.8, 4) is 10.7 Å². The molecule has 0 fully saturated rings. The smallest absolute Gasteiger partial charge is 0.271 e. The number of aromatic nitrogens is 2. The van der Waals surface area contributed by atoms with Gasteiger partial charge in [-0.15, -0.1) is 11.3 Å². The SMILES string of the molecule is Cn1c(-c2ccc(Br)s2)nc2cc([N+](=O)[O-])ccc21. The fraction of sp³-hybridized carbons (Fsp3) is 0.0833. The molecule has 19 heavy (non-hydrogen) atoms. The number of imidazole rings is 1. The number of hydrogen-bond donors (Lipinski definition) is 0. The predicted molar refractivity (Wildman–Crippen MR) is 78.4 cm³/mol. The number of hydrogen-bond acceptors (Lipinski definition) is 4. The molecule has 0 saturated heterocycles. The van der Waals surface area contributed by atoms with Crippen molar-refractivity contribution in [2.45, 2.75) is 0 Å². The van der Waals surface area contributed by atoms with Crippen molar-refractivity contribution in [2.24, 2.45) is 7.05 Å². The summed E-state index contributed by atoms with van der Waals surface area (Å²) in [6.07, 6.45) is 0. The fourth-order valence-corrected chi connectivity index (χ4v) is 3.37. The van der Waals surface area contributed by atoms with Gasteiger partial charge in [-0.1, -0.05) is 0 Å². The van der Waals surface area contributed by atoms with Gasteiger partial charge in [0.1, 0.15) is 0 Å². The number of nitrogens with zero attached hydrogens (tertiary/aromatic N) is 3. The molecular weight excluding hydrogens is 330 g/mol. The highest BCUT2D eigenvalue weighted by Crippen LogP contribution is 2.32. The van der Waals surface area contributed by atoms with Crippen molar-refractivity contribution in [1.29, 1.82) is 0 Å². The van der Waals surface area contributed by atoms with Crippen LogP contribution in [0.15, 0.2) is 34.1 Å². The number of nitro benzene ring substituents is 1. The van der Waals surface area contributed by atoms with E-state index in [4.69, 9.17) is 0 Å². The van der Waals surface area contributed by atoms with E-state index < -0.39 is 4.92 Å². The van der Waals surface area contributed by atoms with Gasteiger partial charge in [-0.2, -0.15) is 0 Å². The van der Waals surface area contributed by atoms with Gasteiger partial charge in [0.2, 0.25) is 0 Å². The molecule has 3 rings (SSSR count). The maximum atomic E-state index is 10.8. The number of rotatable bonds is 2. The van der Waals surface area contributed by atoms with Crippen LogP contribution >= 0.6 is 27.3 Å². The minimum Gasteiger partial charge on any atom is -0.326 e. The first-order chi connectivity index (χ1) is 9.06. The van der Waals surface area contributed by atoms with E-state index >= 15 is 0 Å². The minimum atomic E-state index is -0.407. The van der Waals surface area contributed by atoms with E-state index in [-0.39, 0.29) is 5.69 Å². The van der Waals surface area contributed by atoms with Crippen LogP contribution in [-0.4, -0.2) is 14.5 Å². The van der Waals surface area contributed by atoms with Gasteiger partial charge >= 0.3 is 0 Å². The third-order valence-electron chi connectivity index (χ3n) is 2.87. The molecule has 0 saturated carbocycles. The van der Waals surface area contributed by atoms with Crippen LogP contribution in [0.1, 0.15) is 0 Å². The molecule has 0 amide bonds. The lowest BCUT2D eigenvalue weighted by atomic mass is 10.3. The average Bonchev–Trinajstić information content (AvgIpc) is 2.93. The highest BCUT2D eigenvalue weighted by molar-refractivity contribution is 9.11. The molecule has 0 atom stereocenters. The van der Waals surface area contributed by atoms with E-state index in [1.165, 1.54) is 12.1 Å². The summed E-state index contributed by atoms with van der Waals surface area (Å²) in [6, 6.07) is 8.67. The standard InChI is InChI=1S/C12H8BrN3O2S/c1-15-9-3-2-7(16(17)18)6-8(9)14-12(15)10-4-5-11(13)19-10/h2-6H,1H3. The Morgan fingerprint density at radius 2 is 2.16 bits per heavy atom. The Bertz CT molecular complexity index is 793. The Balaban J connectivity index is 2.22. The molecule has 3 aromatic rings. The summed E-state index contributed by atoms with van der Waals surface area (Å²) in [5.74, 6) is 0.811. The molecule has 0 aliphatic rings. The molecule has 0 spiro atoms. The molecule has 2 aromatic heterocycles. The van der Waals surface area contributed by atoms with Gasteiger partial charge in [-0.3, -0.25) is 10.1 Å². The summed E-state index contributed by atoms with van der Waals surface area (Å²) < 4.78 is 2.97. The van der Waals surface area contributed by atoms with Gasteiger partial charge < -0.3 is 4.57 Å². The summed E-state index contributed by atoms with van der Waals surface area (Å²) in [5.41, 5.74) is 1.57. The zero-order valence-electron chi connectivity index (χ0n) is 9.83. The third kappa shape index (κ3) is 2.04. The molecule has 0 N–H and O–H groups in total. The first-order valence-corrected chi connectivity index (χ1v) is 7.04. The second-order valence-corrected chi connectivity index (χ2v) is 6.49. The van der Waals surface area contributed by atoms with E-state index in [9.17, 15) is 10.1 Å². The highest BCUT2D eigenvalue weighted by atomic mass is 79.9. The zero-order valence-corrected chi connectivity index (χ0v) is 12.2. The summed E-state index contributed by atoms with van der Waals surface area (Å²) in [5, 5.41) is 10.8. The summed E-state index contributed by atoms with van der Waals surface area (Å²) >= 11 is 5.00. The number of thiophene rings is 1. The summed E-state index contributed by atoms with van der Waals surface area (Å²) in [4.78, 5) is 15.9. The van der Waals surface area contributed by atoms with E-state index in [0.29, 0.717) is 5.52 Å². The number of aryl methyl sites for hydroxylation is 1. The second kappa shape index (κ2) is 4.43. The number of non-ortho nitro benzene ring substituents is 1. The van der Waals surface area contributed by atoms with Crippen LogP contribution in [0.3, 0.4) is 0 Å². The number of halogens is 1. The Kier molecular flexibility index (Phi) is 2.87. The normalized spacial score (nSPS) is 11.1. The zero-order chi connectivity index (χ0) is 13.6. The molecule has 0 radical (unpaired) electrons. The van der Waals surface area contributed by atoms with Gasteiger partial charge in [0.15, 0.2) is 5.82 Å². The summed E-state index contributed by atoms with van der Waals surface area (Å²) in [7, 11) is 1.91. The Morgan fingerprint density at radius 1 is 1.37 bits per heavy atom. The largest absolute Gasteiger partial charge is 0.326 e. The number of nitro groups is 1. The second-order valence-electron chi connectivity index (χ2n) is 4.03. The topological polar surface area (TPSA) is 61.0 Å². The van der Waals surface area contributed by atoms with Crippen molar-refractivity contribution in [3.63, 3.8) is 0 Å². The molecule has 96 valence electrons. The van der Waals surface area contributed by atoms with Crippen LogP contribution in [0.5, 0.6) is 0 Å². The molecule has 2 heterocycles. The quantitative estimate of drug-likeness (QED) is 0.525. The molecule has 0 aliphatic heterocycles. The molecule has 0 bridgehead atoms.